The van der Waals surface area contributed by atoms with Crippen molar-refractivity contribution in [3.8, 4) is 5.75 Å². The Morgan fingerprint density at radius 2 is 1.20 bits per heavy atom. The van der Waals surface area contributed by atoms with Crippen molar-refractivity contribution >= 4 is 0 Å². The van der Waals surface area contributed by atoms with Gasteiger partial charge in [0.05, 0.1) is 35.4 Å². The molecule has 2 atom stereocenters. The number of ether oxygens (including phenoxy) is 1. The second-order valence-electron chi connectivity index (χ2n) is 9.75. The molecular formula is C31H23F10NO2. The highest BCUT2D eigenvalue weighted by atomic mass is 19.4. The first kappa shape index (κ1) is 32.8. The van der Waals surface area contributed by atoms with Gasteiger partial charge in [0.15, 0.2) is 0 Å². The zero-order chi connectivity index (χ0) is 32.3. The van der Waals surface area contributed by atoms with Crippen molar-refractivity contribution in [2.45, 2.75) is 37.2 Å². The zero-order valence-electron chi connectivity index (χ0n) is 22.4. The lowest BCUT2D eigenvalue weighted by atomic mass is 9.94. The summed E-state index contributed by atoms with van der Waals surface area (Å²) < 4.78 is 141. The Morgan fingerprint density at radius 3 is 1.84 bits per heavy atom. The van der Waals surface area contributed by atoms with E-state index < -0.39 is 65.3 Å². The Hall–Kier alpha value is -4.10. The van der Waals surface area contributed by atoms with E-state index in [2.05, 4.69) is 5.32 Å². The van der Waals surface area contributed by atoms with Gasteiger partial charge in [-0.1, -0.05) is 36.4 Å². The molecule has 0 spiro atoms. The number of nitrogens with one attached hydrogen (secondary N) is 1. The molecular weight excluding hydrogens is 608 g/mol. The molecule has 0 bridgehead atoms. The molecule has 0 fully saturated rings. The molecule has 0 aliphatic heterocycles. The lowest BCUT2D eigenvalue weighted by molar-refractivity contribution is -0.138. The average molecular weight is 632 g/mol. The highest BCUT2D eigenvalue weighted by Crippen LogP contribution is 2.37. The molecule has 4 aromatic rings. The van der Waals surface area contributed by atoms with Crippen LogP contribution in [0.15, 0.2) is 91.0 Å². The fourth-order valence-electron chi connectivity index (χ4n) is 4.48. The van der Waals surface area contributed by atoms with Crippen LogP contribution in [-0.4, -0.2) is 11.7 Å². The predicted molar refractivity (Wildman–Crippen MR) is 140 cm³/mol. The maximum absolute atomic E-state index is 15.1. The van der Waals surface area contributed by atoms with Crippen LogP contribution in [0.25, 0.3) is 0 Å². The van der Waals surface area contributed by atoms with Gasteiger partial charge in [-0.25, -0.2) is 4.39 Å². The summed E-state index contributed by atoms with van der Waals surface area (Å²) in [5.41, 5.74) is -3.48. The third-order valence-corrected chi connectivity index (χ3v) is 6.65. The minimum Gasteiger partial charge on any atom is -0.489 e. The molecule has 44 heavy (non-hydrogen) atoms. The smallest absolute Gasteiger partial charge is 0.416 e. The van der Waals surface area contributed by atoms with Crippen molar-refractivity contribution in [3.05, 3.63) is 136 Å². The maximum Gasteiger partial charge on any atom is 0.416 e. The van der Waals surface area contributed by atoms with Crippen LogP contribution in [0.4, 0.5) is 43.9 Å². The molecule has 0 aromatic heterocycles. The molecule has 3 nitrogen and oxygen atoms in total. The van der Waals surface area contributed by atoms with Gasteiger partial charge in [0.25, 0.3) is 0 Å². The molecule has 0 aliphatic rings. The molecule has 4 rings (SSSR count). The van der Waals surface area contributed by atoms with Gasteiger partial charge in [-0.05, 0) is 71.3 Å². The largest absolute Gasteiger partial charge is 0.489 e. The van der Waals surface area contributed by atoms with Crippen LogP contribution in [-0.2, 0) is 25.1 Å². The van der Waals surface area contributed by atoms with E-state index in [1.807, 2.05) is 0 Å². The van der Waals surface area contributed by atoms with E-state index in [9.17, 15) is 44.6 Å². The first-order valence-corrected chi connectivity index (χ1v) is 12.9. The number of aliphatic hydroxyl groups is 1. The number of benzene rings is 4. The molecule has 0 heterocycles. The normalized spacial score (nSPS) is 13.9. The average Bonchev–Trinajstić information content (AvgIpc) is 2.96. The monoisotopic (exact) mass is 631 g/mol. The van der Waals surface area contributed by atoms with E-state index in [1.165, 1.54) is 42.5 Å². The molecule has 0 aliphatic carbocycles. The van der Waals surface area contributed by atoms with Crippen molar-refractivity contribution < 1.29 is 53.7 Å². The van der Waals surface area contributed by atoms with Crippen LogP contribution in [0.3, 0.4) is 0 Å². The van der Waals surface area contributed by atoms with Crippen LogP contribution in [0, 0.1) is 5.82 Å². The van der Waals surface area contributed by atoms with Gasteiger partial charge >= 0.3 is 18.5 Å². The van der Waals surface area contributed by atoms with E-state index in [1.54, 1.807) is 0 Å². The van der Waals surface area contributed by atoms with Crippen molar-refractivity contribution in [1.82, 2.24) is 5.32 Å². The Kier molecular flexibility index (Phi) is 9.59. The lowest BCUT2D eigenvalue weighted by Gasteiger charge is -2.27. The number of hydrogen-bond donors (Lipinski definition) is 2. The molecule has 234 valence electrons. The SMILES string of the molecule is OCC(NC(c1cccc(OCc2cccc(C(F)(F)F)c2)c1)c1cc(C(F)(F)F)ccc1F)c1cccc(C(F)(F)F)c1. The molecule has 0 saturated carbocycles. The molecule has 4 aromatic carbocycles. The van der Waals surface area contributed by atoms with Crippen molar-refractivity contribution in [3.63, 3.8) is 0 Å². The first-order valence-electron chi connectivity index (χ1n) is 12.9. The van der Waals surface area contributed by atoms with Crippen LogP contribution in [0.2, 0.25) is 0 Å². The third-order valence-electron chi connectivity index (χ3n) is 6.65. The summed E-state index contributed by atoms with van der Waals surface area (Å²) in [7, 11) is 0. The van der Waals surface area contributed by atoms with Gasteiger partial charge in [0, 0.05) is 5.56 Å². The number of alkyl halides is 9. The van der Waals surface area contributed by atoms with Crippen LogP contribution >= 0.6 is 0 Å². The Balaban J connectivity index is 1.72. The van der Waals surface area contributed by atoms with E-state index in [-0.39, 0.29) is 29.0 Å². The standard InChI is InChI=1S/C31H23F10NO2/c32-26-11-10-23(31(39,40)41)15-25(26)28(42-27(16-43)19-5-2-8-22(13-19)30(36,37)38)20-6-3-9-24(14-20)44-17-18-4-1-7-21(12-18)29(33,34)35/h1-15,27-28,42-43H,16-17H2. The molecule has 0 saturated heterocycles. The minimum absolute atomic E-state index is 0.0544. The number of aliphatic hydroxyl groups excluding tert-OH is 1. The summed E-state index contributed by atoms with van der Waals surface area (Å²) >= 11 is 0. The predicted octanol–water partition coefficient (Wildman–Crippen LogP) is 8.87. The van der Waals surface area contributed by atoms with E-state index in [0.29, 0.717) is 18.2 Å². The Labute approximate surface area is 244 Å². The van der Waals surface area contributed by atoms with Gasteiger partial charge < -0.3 is 9.84 Å². The molecule has 2 unspecified atom stereocenters. The minimum atomic E-state index is -4.86. The van der Waals surface area contributed by atoms with E-state index in [4.69, 9.17) is 4.74 Å². The third kappa shape index (κ3) is 8.08. The molecule has 0 amide bonds. The Morgan fingerprint density at radius 1 is 0.636 bits per heavy atom. The highest BCUT2D eigenvalue weighted by molar-refractivity contribution is 5.40. The zero-order valence-corrected chi connectivity index (χ0v) is 22.4. The van der Waals surface area contributed by atoms with Gasteiger partial charge in [-0.15, -0.1) is 0 Å². The van der Waals surface area contributed by atoms with Crippen molar-refractivity contribution in [1.29, 1.82) is 0 Å². The van der Waals surface area contributed by atoms with Crippen molar-refractivity contribution in [2.24, 2.45) is 0 Å². The second kappa shape index (κ2) is 12.9. The Bertz CT molecular complexity index is 1580. The highest BCUT2D eigenvalue weighted by Gasteiger charge is 2.34. The molecule has 2 N–H and O–H groups in total. The van der Waals surface area contributed by atoms with E-state index >= 15 is 4.39 Å². The quantitative estimate of drug-likeness (QED) is 0.181. The summed E-state index contributed by atoms with van der Waals surface area (Å²) in [5.74, 6) is -1.02. The number of rotatable bonds is 9. The second-order valence-corrected chi connectivity index (χ2v) is 9.75. The van der Waals surface area contributed by atoms with E-state index in [0.717, 1.165) is 30.3 Å². The summed E-state index contributed by atoms with van der Waals surface area (Å²) in [6.07, 6.45) is -14.2. The summed E-state index contributed by atoms with van der Waals surface area (Å²) in [4.78, 5) is 0. The fraction of sp³-hybridized carbons (Fsp3) is 0.226. The maximum atomic E-state index is 15.1. The lowest BCUT2D eigenvalue weighted by Crippen LogP contribution is -2.31. The first-order chi connectivity index (χ1) is 20.6. The van der Waals surface area contributed by atoms with Crippen LogP contribution in [0.1, 0.15) is 51.0 Å². The topological polar surface area (TPSA) is 41.5 Å². The summed E-state index contributed by atoms with van der Waals surface area (Å²) in [6, 6.07) is 12.6. The molecule has 13 heteroatoms. The van der Waals surface area contributed by atoms with Crippen LogP contribution in [0.5, 0.6) is 5.75 Å². The summed E-state index contributed by atoms with van der Waals surface area (Å²) in [5, 5.41) is 12.9. The van der Waals surface area contributed by atoms with Gasteiger partial charge in [-0.3, -0.25) is 5.32 Å². The van der Waals surface area contributed by atoms with Crippen molar-refractivity contribution in [2.75, 3.05) is 6.61 Å². The van der Waals surface area contributed by atoms with Crippen LogP contribution < -0.4 is 10.1 Å². The number of halogens is 10. The van der Waals surface area contributed by atoms with Gasteiger partial charge in [0.2, 0.25) is 0 Å². The summed E-state index contributed by atoms with van der Waals surface area (Å²) in [6.45, 7) is -1.14. The molecule has 0 radical (unpaired) electrons. The fourth-order valence-corrected chi connectivity index (χ4v) is 4.48. The van der Waals surface area contributed by atoms with Gasteiger partial charge in [0.1, 0.15) is 18.2 Å². The number of hydrogen-bond acceptors (Lipinski definition) is 3. The van der Waals surface area contributed by atoms with Gasteiger partial charge in [-0.2, -0.15) is 39.5 Å².